The van der Waals surface area contributed by atoms with Crippen LogP contribution in [-0.2, 0) is 20.0 Å². The van der Waals surface area contributed by atoms with Crippen molar-refractivity contribution in [2.75, 3.05) is 27.6 Å². The topological polar surface area (TPSA) is 83.6 Å². The molecule has 1 heterocycles. The summed E-state index contributed by atoms with van der Waals surface area (Å²) in [5, 5.41) is 0.157. The molecule has 6 nitrogen and oxygen atoms in total. The molecule has 1 fully saturated rings. The highest BCUT2D eigenvalue weighted by Gasteiger charge is 2.28. The lowest BCUT2D eigenvalue weighted by Gasteiger charge is -2.18. The van der Waals surface area contributed by atoms with Gasteiger partial charge in [-0.15, -0.1) is 0 Å². The van der Waals surface area contributed by atoms with Crippen LogP contribution < -0.4 is 9.03 Å². The minimum Gasteiger partial charge on any atom is -0.282 e. The molecule has 1 aromatic carbocycles. The van der Waals surface area contributed by atoms with E-state index in [9.17, 15) is 16.8 Å². The number of nitrogens with one attached hydrogen (secondary N) is 1. The zero-order valence-electron chi connectivity index (χ0n) is 10.1. The monoisotopic (exact) mass is 324 g/mol. The number of nitrogens with zero attached hydrogens (tertiary/aromatic N) is 1. The average molecular weight is 325 g/mol. The second-order valence-electron chi connectivity index (χ2n) is 4.28. The summed E-state index contributed by atoms with van der Waals surface area (Å²) in [6, 6.07) is 4.42. The van der Waals surface area contributed by atoms with Crippen molar-refractivity contribution in [2.24, 2.45) is 0 Å². The summed E-state index contributed by atoms with van der Waals surface area (Å²) in [4.78, 5) is 0. The largest absolute Gasteiger partial charge is 0.282 e. The van der Waals surface area contributed by atoms with E-state index in [1.807, 2.05) is 0 Å². The molecule has 106 valence electrons. The van der Waals surface area contributed by atoms with Crippen molar-refractivity contribution >= 4 is 43.0 Å². The highest BCUT2D eigenvalue weighted by Crippen LogP contribution is 2.31. The van der Waals surface area contributed by atoms with Crippen LogP contribution in [0, 0.1) is 0 Å². The third-order valence-corrected chi connectivity index (χ3v) is 5.41. The second kappa shape index (κ2) is 4.84. The van der Waals surface area contributed by atoms with Gasteiger partial charge in [-0.25, -0.2) is 16.8 Å². The van der Waals surface area contributed by atoms with Gasteiger partial charge in [-0.3, -0.25) is 9.03 Å². The molecule has 0 aliphatic carbocycles. The van der Waals surface area contributed by atoms with Crippen molar-refractivity contribution in [3.63, 3.8) is 0 Å². The lowest BCUT2D eigenvalue weighted by Crippen LogP contribution is -2.25. The molecule has 19 heavy (non-hydrogen) atoms. The van der Waals surface area contributed by atoms with Crippen LogP contribution in [0.4, 0.5) is 11.4 Å². The maximum absolute atomic E-state index is 11.8. The van der Waals surface area contributed by atoms with Gasteiger partial charge in [0.1, 0.15) is 0 Å². The van der Waals surface area contributed by atoms with Crippen molar-refractivity contribution in [2.45, 2.75) is 6.42 Å². The van der Waals surface area contributed by atoms with Gasteiger partial charge in [0.05, 0.1) is 28.4 Å². The highest BCUT2D eigenvalue weighted by atomic mass is 35.5. The van der Waals surface area contributed by atoms with Gasteiger partial charge in [0, 0.05) is 6.54 Å². The third-order valence-electron chi connectivity index (χ3n) is 2.64. The van der Waals surface area contributed by atoms with Gasteiger partial charge in [-0.1, -0.05) is 11.6 Å². The first-order valence-corrected chi connectivity index (χ1v) is 9.35. The van der Waals surface area contributed by atoms with E-state index < -0.39 is 20.0 Å². The molecule has 1 N–H and O–H groups in total. The normalized spacial score (nSPS) is 18.5. The lowest BCUT2D eigenvalue weighted by atomic mass is 10.3. The third kappa shape index (κ3) is 3.31. The van der Waals surface area contributed by atoms with Gasteiger partial charge in [-0.2, -0.15) is 0 Å². The number of rotatable bonds is 3. The second-order valence-corrected chi connectivity index (χ2v) is 8.45. The van der Waals surface area contributed by atoms with E-state index in [4.69, 9.17) is 11.6 Å². The minimum absolute atomic E-state index is 0.119. The number of hydrogen-bond donors (Lipinski definition) is 1. The predicted octanol–water partition coefficient (Wildman–Crippen LogP) is 1.25. The van der Waals surface area contributed by atoms with Crippen molar-refractivity contribution in [1.82, 2.24) is 0 Å². The first-order chi connectivity index (χ1) is 8.69. The van der Waals surface area contributed by atoms with E-state index in [0.29, 0.717) is 18.7 Å². The first kappa shape index (κ1) is 14.4. The molecule has 0 aromatic heterocycles. The van der Waals surface area contributed by atoms with Gasteiger partial charge in [0.15, 0.2) is 0 Å². The molecule has 1 aliphatic rings. The highest BCUT2D eigenvalue weighted by molar-refractivity contribution is 7.93. The Bertz CT molecular complexity index is 700. The smallest absolute Gasteiger partial charge is 0.235 e. The Morgan fingerprint density at radius 3 is 2.53 bits per heavy atom. The van der Waals surface area contributed by atoms with Crippen LogP contribution >= 0.6 is 11.6 Å². The molecule has 2 rings (SSSR count). The molecule has 0 radical (unpaired) electrons. The average Bonchev–Trinajstić information content (AvgIpc) is 2.59. The van der Waals surface area contributed by atoms with Crippen LogP contribution in [0.25, 0.3) is 0 Å². The van der Waals surface area contributed by atoms with Crippen LogP contribution in [-0.4, -0.2) is 35.4 Å². The summed E-state index contributed by atoms with van der Waals surface area (Å²) < 4.78 is 49.3. The van der Waals surface area contributed by atoms with Gasteiger partial charge < -0.3 is 0 Å². The van der Waals surface area contributed by atoms with Crippen LogP contribution in [0.1, 0.15) is 6.42 Å². The lowest BCUT2D eigenvalue weighted by molar-refractivity contribution is 0.599. The van der Waals surface area contributed by atoms with E-state index in [1.54, 1.807) is 0 Å². The molecule has 0 unspecified atom stereocenters. The standard InChI is InChI=1S/C10H13ClN2O4S2/c1-18(14,15)12-10-4-3-8(7-9(10)11)13-5-2-6-19(13,16)17/h3-4,7,12H,2,5-6H2,1H3. The molecular weight excluding hydrogens is 312 g/mol. The predicted molar refractivity (Wildman–Crippen MR) is 75.7 cm³/mol. The summed E-state index contributed by atoms with van der Waals surface area (Å²) in [7, 11) is -6.69. The molecule has 1 saturated heterocycles. The van der Waals surface area contributed by atoms with E-state index in [-0.39, 0.29) is 16.5 Å². The zero-order valence-corrected chi connectivity index (χ0v) is 12.5. The molecule has 1 aliphatic heterocycles. The molecular formula is C10H13ClN2O4S2. The van der Waals surface area contributed by atoms with Gasteiger partial charge >= 0.3 is 0 Å². The van der Waals surface area contributed by atoms with Crippen LogP contribution in [0.3, 0.4) is 0 Å². The summed E-state index contributed by atoms with van der Waals surface area (Å²) in [5.41, 5.74) is 0.672. The van der Waals surface area contributed by atoms with E-state index in [0.717, 1.165) is 6.26 Å². The molecule has 0 atom stereocenters. The van der Waals surface area contributed by atoms with Crippen molar-refractivity contribution in [3.8, 4) is 0 Å². The molecule has 1 aromatic rings. The van der Waals surface area contributed by atoms with Gasteiger partial charge in [-0.05, 0) is 24.6 Å². The number of sulfonamides is 2. The first-order valence-electron chi connectivity index (χ1n) is 5.47. The van der Waals surface area contributed by atoms with Crippen LogP contribution in [0.2, 0.25) is 5.02 Å². The number of benzene rings is 1. The van der Waals surface area contributed by atoms with Crippen LogP contribution in [0.5, 0.6) is 0 Å². The SMILES string of the molecule is CS(=O)(=O)Nc1ccc(N2CCCS2(=O)=O)cc1Cl. The quantitative estimate of drug-likeness (QED) is 0.907. The Labute approximate surface area is 117 Å². The van der Waals surface area contributed by atoms with Crippen molar-refractivity contribution in [1.29, 1.82) is 0 Å². The summed E-state index contributed by atoms with van der Waals surface area (Å²) in [6.45, 7) is 0.414. The fourth-order valence-corrected chi connectivity index (χ4v) is 4.28. The Hall–Kier alpha value is -0.990. The molecule has 0 amide bonds. The van der Waals surface area contributed by atoms with E-state index in [2.05, 4.69) is 4.72 Å². The van der Waals surface area contributed by atoms with E-state index in [1.165, 1.54) is 22.5 Å². The summed E-state index contributed by atoms with van der Waals surface area (Å²) >= 11 is 5.96. The van der Waals surface area contributed by atoms with Crippen molar-refractivity contribution in [3.05, 3.63) is 23.2 Å². The maximum atomic E-state index is 11.8. The molecule has 0 bridgehead atoms. The molecule has 0 spiro atoms. The van der Waals surface area contributed by atoms with Crippen molar-refractivity contribution < 1.29 is 16.8 Å². The summed E-state index contributed by atoms with van der Waals surface area (Å²) in [5.74, 6) is 0.119. The maximum Gasteiger partial charge on any atom is 0.235 e. The zero-order chi connectivity index (χ0) is 14.3. The minimum atomic E-state index is -3.42. The molecule has 9 heteroatoms. The Kier molecular flexibility index (Phi) is 3.67. The van der Waals surface area contributed by atoms with Gasteiger partial charge in [0.25, 0.3) is 0 Å². The fourth-order valence-electron chi connectivity index (χ4n) is 1.87. The van der Waals surface area contributed by atoms with E-state index >= 15 is 0 Å². The Balaban J connectivity index is 2.34. The Morgan fingerprint density at radius 2 is 2.05 bits per heavy atom. The Morgan fingerprint density at radius 1 is 1.37 bits per heavy atom. The van der Waals surface area contributed by atoms with Gasteiger partial charge in [0.2, 0.25) is 20.0 Å². The number of hydrogen-bond acceptors (Lipinski definition) is 4. The number of halogens is 1. The summed E-state index contributed by atoms with van der Waals surface area (Å²) in [6.07, 6.45) is 1.59. The number of anilines is 2. The molecule has 0 saturated carbocycles. The fraction of sp³-hybridized carbons (Fsp3) is 0.400. The van der Waals surface area contributed by atoms with Crippen LogP contribution in [0.15, 0.2) is 18.2 Å².